The SMILES string of the molecule is CNS(=O)(=O)c1ccc(C(=O)N[C@H](C)c2cccnc2)o1. The summed E-state index contributed by atoms with van der Waals surface area (Å²) in [5.74, 6) is -0.566. The van der Waals surface area contributed by atoms with Crippen LogP contribution in [0.1, 0.15) is 29.1 Å². The highest BCUT2D eigenvalue weighted by atomic mass is 32.2. The number of sulfonamides is 1. The molecule has 0 spiro atoms. The molecule has 0 aromatic carbocycles. The number of hydrogen-bond donors (Lipinski definition) is 2. The van der Waals surface area contributed by atoms with E-state index in [2.05, 4.69) is 15.0 Å². The summed E-state index contributed by atoms with van der Waals surface area (Å²) in [6.45, 7) is 1.79. The fourth-order valence-corrected chi connectivity index (χ4v) is 2.32. The van der Waals surface area contributed by atoms with Gasteiger partial charge >= 0.3 is 0 Å². The highest BCUT2D eigenvalue weighted by Gasteiger charge is 2.20. The Morgan fingerprint density at radius 1 is 1.33 bits per heavy atom. The van der Waals surface area contributed by atoms with Crippen LogP contribution in [0.2, 0.25) is 0 Å². The fraction of sp³-hybridized carbons (Fsp3) is 0.231. The zero-order valence-corrected chi connectivity index (χ0v) is 12.3. The molecule has 0 radical (unpaired) electrons. The molecule has 2 N–H and O–H groups in total. The van der Waals surface area contributed by atoms with E-state index in [1.54, 1.807) is 25.4 Å². The summed E-state index contributed by atoms with van der Waals surface area (Å²) < 4.78 is 30.2. The zero-order valence-electron chi connectivity index (χ0n) is 11.5. The van der Waals surface area contributed by atoms with E-state index in [9.17, 15) is 13.2 Å². The van der Waals surface area contributed by atoms with Crippen LogP contribution in [0.4, 0.5) is 0 Å². The number of furan rings is 1. The number of amides is 1. The molecule has 0 fully saturated rings. The van der Waals surface area contributed by atoms with Gasteiger partial charge in [-0.1, -0.05) is 6.07 Å². The van der Waals surface area contributed by atoms with Crippen LogP contribution in [0, 0.1) is 0 Å². The van der Waals surface area contributed by atoms with Crippen LogP contribution in [0.5, 0.6) is 0 Å². The van der Waals surface area contributed by atoms with E-state index in [4.69, 9.17) is 4.42 Å². The number of pyridine rings is 1. The second-order valence-corrected chi connectivity index (χ2v) is 6.13. The smallest absolute Gasteiger partial charge is 0.287 e. The summed E-state index contributed by atoms with van der Waals surface area (Å²) in [6, 6.07) is 5.87. The average Bonchev–Trinajstić information content (AvgIpc) is 2.99. The first-order valence-corrected chi connectivity index (χ1v) is 7.66. The zero-order chi connectivity index (χ0) is 15.5. The Morgan fingerprint density at radius 2 is 2.10 bits per heavy atom. The minimum Gasteiger partial charge on any atom is -0.438 e. The van der Waals surface area contributed by atoms with Gasteiger partial charge in [0.15, 0.2) is 5.76 Å². The van der Waals surface area contributed by atoms with Crippen LogP contribution in [0.15, 0.2) is 46.2 Å². The highest BCUT2D eigenvalue weighted by Crippen LogP contribution is 2.15. The third kappa shape index (κ3) is 3.47. The van der Waals surface area contributed by atoms with Gasteiger partial charge in [0.1, 0.15) is 0 Å². The van der Waals surface area contributed by atoms with Gasteiger partial charge in [0.2, 0.25) is 5.09 Å². The minimum absolute atomic E-state index is 0.0698. The second-order valence-electron chi connectivity index (χ2n) is 4.31. The summed E-state index contributed by atoms with van der Waals surface area (Å²) in [5.41, 5.74) is 0.834. The lowest BCUT2D eigenvalue weighted by Gasteiger charge is -2.12. The highest BCUT2D eigenvalue weighted by molar-refractivity contribution is 7.89. The first kappa shape index (κ1) is 15.2. The first-order valence-electron chi connectivity index (χ1n) is 6.18. The number of nitrogens with one attached hydrogen (secondary N) is 2. The molecule has 2 aromatic heterocycles. The van der Waals surface area contributed by atoms with Crippen LogP contribution in [-0.4, -0.2) is 26.4 Å². The van der Waals surface area contributed by atoms with Gasteiger partial charge < -0.3 is 9.73 Å². The van der Waals surface area contributed by atoms with E-state index in [1.807, 2.05) is 6.07 Å². The molecule has 0 aliphatic rings. The molecule has 112 valence electrons. The number of rotatable bonds is 5. The van der Waals surface area contributed by atoms with Gasteiger partial charge in [0.25, 0.3) is 15.9 Å². The number of aromatic nitrogens is 1. The molecular formula is C13H15N3O4S. The molecule has 0 unspecified atom stereocenters. The summed E-state index contributed by atoms with van der Waals surface area (Å²) in [4.78, 5) is 16.0. The van der Waals surface area contributed by atoms with Crippen LogP contribution in [0.3, 0.4) is 0 Å². The summed E-state index contributed by atoms with van der Waals surface area (Å²) in [6.07, 6.45) is 3.28. The van der Waals surface area contributed by atoms with E-state index < -0.39 is 15.9 Å². The maximum atomic E-state index is 12.0. The monoisotopic (exact) mass is 309 g/mol. The molecule has 21 heavy (non-hydrogen) atoms. The quantitative estimate of drug-likeness (QED) is 0.860. The van der Waals surface area contributed by atoms with Crippen LogP contribution < -0.4 is 10.0 Å². The molecular weight excluding hydrogens is 294 g/mol. The molecule has 0 aliphatic heterocycles. The van der Waals surface area contributed by atoms with E-state index >= 15 is 0 Å². The van der Waals surface area contributed by atoms with Crippen molar-refractivity contribution in [3.8, 4) is 0 Å². The Kier molecular flexibility index (Phi) is 4.39. The van der Waals surface area contributed by atoms with Crippen molar-refractivity contribution in [1.29, 1.82) is 0 Å². The average molecular weight is 309 g/mol. The predicted molar refractivity (Wildman–Crippen MR) is 75.1 cm³/mol. The van der Waals surface area contributed by atoms with Crippen molar-refractivity contribution in [2.45, 2.75) is 18.1 Å². The Hall–Kier alpha value is -2.19. The van der Waals surface area contributed by atoms with Gasteiger partial charge in [0, 0.05) is 12.4 Å². The normalized spacial score (nSPS) is 12.9. The van der Waals surface area contributed by atoms with Crippen molar-refractivity contribution >= 4 is 15.9 Å². The van der Waals surface area contributed by atoms with Crippen molar-refractivity contribution in [2.24, 2.45) is 0 Å². The van der Waals surface area contributed by atoms with E-state index in [0.29, 0.717) is 0 Å². The van der Waals surface area contributed by atoms with Crippen LogP contribution >= 0.6 is 0 Å². The summed E-state index contributed by atoms with van der Waals surface area (Å²) in [5, 5.41) is 2.41. The lowest BCUT2D eigenvalue weighted by atomic mass is 10.1. The molecule has 0 saturated heterocycles. The van der Waals surface area contributed by atoms with Crippen molar-refractivity contribution in [2.75, 3.05) is 7.05 Å². The van der Waals surface area contributed by atoms with Gasteiger partial charge in [-0.05, 0) is 37.7 Å². The molecule has 8 heteroatoms. The predicted octanol–water partition coefficient (Wildman–Crippen LogP) is 1.07. The molecule has 1 atom stereocenters. The van der Waals surface area contributed by atoms with Gasteiger partial charge in [-0.25, -0.2) is 13.1 Å². The number of carbonyl (C=O) groups is 1. The Bertz CT molecular complexity index is 725. The molecule has 2 heterocycles. The largest absolute Gasteiger partial charge is 0.438 e. The van der Waals surface area contributed by atoms with Gasteiger partial charge in [-0.3, -0.25) is 9.78 Å². The number of nitrogens with zero attached hydrogens (tertiary/aromatic N) is 1. The van der Waals surface area contributed by atoms with Gasteiger partial charge in [-0.2, -0.15) is 0 Å². The Balaban J connectivity index is 2.11. The van der Waals surface area contributed by atoms with Gasteiger partial charge in [0.05, 0.1) is 6.04 Å². The maximum Gasteiger partial charge on any atom is 0.287 e. The summed E-state index contributed by atoms with van der Waals surface area (Å²) in [7, 11) is -2.43. The molecule has 1 amide bonds. The first-order chi connectivity index (χ1) is 9.94. The molecule has 2 aromatic rings. The minimum atomic E-state index is -3.70. The number of carbonyl (C=O) groups excluding carboxylic acids is 1. The molecule has 0 bridgehead atoms. The van der Waals surface area contributed by atoms with Gasteiger partial charge in [-0.15, -0.1) is 0 Å². The third-order valence-electron chi connectivity index (χ3n) is 2.87. The number of hydrogen-bond acceptors (Lipinski definition) is 5. The maximum absolute atomic E-state index is 12.0. The lowest BCUT2D eigenvalue weighted by Crippen LogP contribution is -2.26. The summed E-state index contributed by atoms with van der Waals surface area (Å²) >= 11 is 0. The van der Waals surface area contributed by atoms with Crippen molar-refractivity contribution in [1.82, 2.24) is 15.0 Å². The molecule has 0 aliphatic carbocycles. The van der Waals surface area contributed by atoms with Crippen molar-refractivity contribution < 1.29 is 17.6 Å². The lowest BCUT2D eigenvalue weighted by molar-refractivity contribution is 0.0906. The molecule has 7 nitrogen and oxygen atoms in total. The second kappa shape index (κ2) is 6.06. The third-order valence-corrected chi connectivity index (χ3v) is 4.16. The van der Waals surface area contributed by atoms with E-state index in [1.165, 1.54) is 19.2 Å². The van der Waals surface area contributed by atoms with Crippen molar-refractivity contribution in [3.63, 3.8) is 0 Å². The Morgan fingerprint density at radius 3 is 2.71 bits per heavy atom. The van der Waals surface area contributed by atoms with E-state index in [-0.39, 0.29) is 16.9 Å². The molecule has 2 rings (SSSR count). The molecule has 0 saturated carbocycles. The van der Waals surface area contributed by atoms with Crippen LogP contribution in [-0.2, 0) is 10.0 Å². The van der Waals surface area contributed by atoms with E-state index in [0.717, 1.165) is 5.56 Å². The van der Waals surface area contributed by atoms with Crippen LogP contribution in [0.25, 0.3) is 0 Å². The Labute approximate surface area is 122 Å². The topological polar surface area (TPSA) is 101 Å². The standard InChI is InChI=1S/C13H15N3O4S/c1-9(10-4-3-7-15-8-10)16-13(17)11-5-6-12(20-11)21(18,19)14-2/h3-9,14H,1-2H3,(H,16,17)/t9-/m1/s1. The van der Waals surface area contributed by atoms with Crippen molar-refractivity contribution in [3.05, 3.63) is 48.0 Å². The fourth-order valence-electron chi connectivity index (χ4n) is 1.67.